The van der Waals surface area contributed by atoms with Crippen molar-refractivity contribution in [3.8, 4) is 0 Å². The maximum absolute atomic E-state index is 12.8. The van der Waals surface area contributed by atoms with E-state index >= 15 is 0 Å². The van der Waals surface area contributed by atoms with Crippen LogP contribution in [0.4, 0.5) is 22.7 Å². The number of nitro benzene ring substituents is 1. The van der Waals surface area contributed by atoms with Crippen LogP contribution >= 0.6 is 12.2 Å². The van der Waals surface area contributed by atoms with Gasteiger partial charge in [-0.05, 0) is 61.1 Å². The van der Waals surface area contributed by atoms with Crippen LogP contribution in [0.1, 0.15) is 26.3 Å². The number of hydrogen-bond donors (Lipinski definition) is 3. The van der Waals surface area contributed by atoms with Crippen LogP contribution in [0.25, 0.3) is 0 Å². The molecule has 0 aliphatic carbocycles. The molecule has 1 aliphatic rings. The normalized spacial score (nSPS) is 12.9. The van der Waals surface area contributed by atoms with Crippen molar-refractivity contribution in [1.82, 2.24) is 5.32 Å². The zero-order valence-electron chi connectivity index (χ0n) is 20.0. The van der Waals surface area contributed by atoms with Gasteiger partial charge in [0.05, 0.1) is 18.1 Å². The van der Waals surface area contributed by atoms with Crippen molar-refractivity contribution in [1.29, 1.82) is 0 Å². The predicted molar refractivity (Wildman–Crippen MR) is 145 cm³/mol. The van der Waals surface area contributed by atoms with Gasteiger partial charge in [-0.2, -0.15) is 0 Å². The number of rotatable bonds is 6. The van der Waals surface area contributed by atoms with E-state index in [0.29, 0.717) is 48.9 Å². The van der Waals surface area contributed by atoms with Crippen LogP contribution in [0, 0.1) is 17.0 Å². The number of morpholine rings is 1. The zero-order valence-corrected chi connectivity index (χ0v) is 20.8. The molecule has 190 valence electrons. The molecule has 37 heavy (non-hydrogen) atoms. The van der Waals surface area contributed by atoms with Gasteiger partial charge in [-0.15, -0.1) is 0 Å². The first kappa shape index (κ1) is 25.7. The number of benzene rings is 3. The highest BCUT2D eigenvalue weighted by Crippen LogP contribution is 2.30. The fourth-order valence-electron chi connectivity index (χ4n) is 3.92. The molecule has 0 unspecified atom stereocenters. The number of carbonyl (C=O) groups excluding carboxylic acids is 2. The number of aryl methyl sites for hydroxylation is 1. The van der Waals surface area contributed by atoms with Crippen LogP contribution < -0.4 is 20.9 Å². The Kier molecular flexibility index (Phi) is 8.06. The Balaban J connectivity index is 1.40. The monoisotopic (exact) mass is 519 g/mol. The van der Waals surface area contributed by atoms with Crippen molar-refractivity contribution in [2.75, 3.05) is 41.8 Å². The highest BCUT2D eigenvalue weighted by atomic mass is 32.1. The van der Waals surface area contributed by atoms with E-state index in [9.17, 15) is 19.7 Å². The molecule has 1 aliphatic heterocycles. The van der Waals surface area contributed by atoms with E-state index in [1.165, 1.54) is 12.1 Å². The molecule has 3 aromatic carbocycles. The Bertz CT molecular complexity index is 1360. The predicted octanol–water partition coefficient (Wildman–Crippen LogP) is 4.12. The Morgan fingerprint density at radius 2 is 1.65 bits per heavy atom. The molecule has 10 nitrogen and oxygen atoms in total. The summed E-state index contributed by atoms with van der Waals surface area (Å²) in [6, 6.07) is 18.5. The standard InChI is InChI=1S/C26H25N5O5S/c1-17-5-2-3-8-21(17)25(33)27-19-6-4-7-20(16-19)28-26(37)29-24(32)18-9-10-22(23(15-18)31(34)35)30-11-13-36-14-12-30/h2-10,15-16H,11-14H2,1H3,(H,27,33)(H2,28,29,32,37). The number of ether oxygens (including phenoxy) is 1. The lowest BCUT2D eigenvalue weighted by Gasteiger charge is -2.28. The van der Waals surface area contributed by atoms with Crippen molar-refractivity contribution in [3.63, 3.8) is 0 Å². The molecule has 1 heterocycles. The summed E-state index contributed by atoms with van der Waals surface area (Å²) in [4.78, 5) is 38.4. The van der Waals surface area contributed by atoms with Crippen molar-refractivity contribution < 1.29 is 19.2 Å². The zero-order chi connectivity index (χ0) is 26.4. The van der Waals surface area contributed by atoms with Gasteiger partial charge in [0.15, 0.2) is 5.11 Å². The van der Waals surface area contributed by atoms with Gasteiger partial charge < -0.3 is 20.3 Å². The van der Waals surface area contributed by atoms with Crippen LogP contribution in [-0.2, 0) is 4.74 Å². The van der Waals surface area contributed by atoms with Crippen LogP contribution in [0.3, 0.4) is 0 Å². The lowest BCUT2D eigenvalue weighted by molar-refractivity contribution is -0.384. The summed E-state index contributed by atoms with van der Waals surface area (Å²) in [5.41, 5.74) is 2.89. The molecule has 0 saturated carbocycles. The minimum atomic E-state index is -0.585. The van der Waals surface area contributed by atoms with E-state index in [1.54, 1.807) is 42.5 Å². The minimum absolute atomic E-state index is 0.00675. The quantitative estimate of drug-likeness (QED) is 0.252. The van der Waals surface area contributed by atoms with Crippen molar-refractivity contribution >= 4 is 51.9 Å². The van der Waals surface area contributed by atoms with E-state index in [2.05, 4.69) is 16.0 Å². The SMILES string of the molecule is Cc1ccccc1C(=O)Nc1cccc(NC(=S)NC(=O)c2ccc(N3CCOCC3)c([N+](=O)[O-])c2)c1. The van der Waals surface area contributed by atoms with E-state index in [1.807, 2.05) is 24.0 Å². The van der Waals surface area contributed by atoms with Gasteiger partial charge in [-0.25, -0.2) is 0 Å². The molecule has 11 heteroatoms. The molecular formula is C26H25N5O5S. The number of anilines is 3. The third kappa shape index (κ3) is 6.46. The van der Waals surface area contributed by atoms with E-state index in [4.69, 9.17) is 17.0 Å². The molecule has 4 rings (SSSR count). The first-order chi connectivity index (χ1) is 17.8. The molecule has 0 spiro atoms. The van der Waals surface area contributed by atoms with Crippen LogP contribution in [0.2, 0.25) is 0 Å². The number of nitrogens with zero attached hydrogens (tertiary/aromatic N) is 2. The third-order valence-corrected chi connectivity index (χ3v) is 5.99. The van der Waals surface area contributed by atoms with E-state index in [0.717, 1.165) is 5.56 Å². The fraction of sp³-hybridized carbons (Fsp3) is 0.192. The van der Waals surface area contributed by atoms with Gasteiger partial charge in [-0.3, -0.25) is 25.0 Å². The Morgan fingerprint density at radius 1 is 0.946 bits per heavy atom. The average molecular weight is 520 g/mol. The van der Waals surface area contributed by atoms with E-state index in [-0.39, 0.29) is 22.3 Å². The second-order valence-electron chi connectivity index (χ2n) is 8.32. The Labute approximate surface area is 218 Å². The van der Waals surface area contributed by atoms with Crippen molar-refractivity contribution in [3.05, 3.63) is 93.5 Å². The molecule has 2 amide bonds. The fourth-order valence-corrected chi connectivity index (χ4v) is 4.13. The number of hydrogen-bond acceptors (Lipinski definition) is 7. The largest absolute Gasteiger partial charge is 0.378 e. The van der Waals surface area contributed by atoms with Gasteiger partial charge in [0.25, 0.3) is 17.5 Å². The summed E-state index contributed by atoms with van der Waals surface area (Å²) in [6.45, 7) is 3.89. The van der Waals surface area contributed by atoms with Crippen molar-refractivity contribution in [2.45, 2.75) is 6.92 Å². The number of carbonyl (C=O) groups is 2. The number of nitro groups is 1. The smallest absolute Gasteiger partial charge is 0.293 e. The second-order valence-corrected chi connectivity index (χ2v) is 8.73. The Hall–Kier alpha value is -4.35. The molecule has 0 radical (unpaired) electrons. The third-order valence-electron chi connectivity index (χ3n) is 5.78. The molecule has 3 aromatic rings. The summed E-state index contributed by atoms with van der Waals surface area (Å²) in [5.74, 6) is -0.827. The average Bonchev–Trinajstić information content (AvgIpc) is 2.89. The molecule has 0 atom stereocenters. The van der Waals surface area contributed by atoms with Crippen LogP contribution in [0.15, 0.2) is 66.7 Å². The lowest BCUT2D eigenvalue weighted by atomic mass is 10.1. The summed E-state index contributed by atoms with van der Waals surface area (Å²) in [5, 5.41) is 20.0. The second kappa shape index (κ2) is 11.6. The first-order valence-electron chi connectivity index (χ1n) is 11.5. The topological polar surface area (TPSA) is 126 Å². The van der Waals surface area contributed by atoms with Gasteiger partial charge >= 0.3 is 0 Å². The van der Waals surface area contributed by atoms with E-state index < -0.39 is 10.8 Å². The number of thiocarbonyl (C=S) groups is 1. The summed E-state index contributed by atoms with van der Waals surface area (Å²) < 4.78 is 5.31. The van der Waals surface area contributed by atoms with Crippen LogP contribution in [0.5, 0.6) is 0 Å². The van der Waals surface area contributed by atoms with Crippen molar-refractivity contribution in [2.24, 2.45) is 0 Å². The van der Waals surface area contributed by atoms with Gasteiger partial charge in [0, 0.05) is 41.7 Å². The minimum Gasteiger partial charge on any atom is -0.378 e. The highest BCUT2D eigenvalue weighted by molar-refractivity contribution is 7.80. The maximum Gasteiger partial charge on any atom is 0.293 e. The Morgan fingerprint density at radius 3 is 2.35 bits per heavy atom. The molecule has 1 fully saturated rings. The lowest BCUT2D eigenvalue weighted by Crippen LogP contribution is -2.37. The van der Waals surface area contributed by atoms with Gasteiger partial charge in [-0.1, -0.05) is 24.3 Å². The first-order valence-corrected chi connectivity index (χ1v) is 11.9. The molecule has 1 saturated heterocycles. The molecule has 3 N–H and O–H groups in total. The summed E-state index contributed by atoms with van der Waals surface area (Å²) in [6.07, 6.45) is 0. The number of amides is 2. The highest BCUT2D eigenvalue weighted by Gasteiger charge is 2.23. The number of nitrogens with one attached hydrogen (secondary N) is 3. The maximum atomic E-state index is 12.8. The van der Waals surface area contributed by atoms with Gasteiger partial charge in [0.1, 0.15) is 5.69 Å². The van der Waals surface area contributed by atoms with Crippen LogP contribution in [-0.4, -0.2) is 48.2 Å². The molecule has 0 aromatic heterocycles. The van der Waals surface area contributed by atoms with Gasteiger partial charge in [0.2, 0.25) is 0 Å². The summed E-state index contributed by atoms with van der Waals surface area (Å²) in [7, 11) is 0. The molecule has 0 bridgehead atoms. The summed E-state index contributed by atoms with van der Waals surface area (Å²) >= 11 is 5.26. The molecular weight excluding hydrogens is 494 g/mol.